The highest BCUT2D eigenvalue weighted by molar-refractivity contribution is 7.10. The second-order valence-corrected chi connectivity index (χ2v) is 8.50. The Hall–Kier alpha value is -4.10. The molecule has 36 heavy (non-hydrogen) atoms. The Morgan fingerprint density at radius 1 is 1.11 bits per heavy atom. The molecule has 0 bridgehead atoms. The number of aromatic nitrogens is 4. The number of hydrogen-bond donors (Lipinski definition) is 3. The van der Waals surface area contributed by atoms with Gasteiger partial charge in [0.05, 0.1) is 11.7 Å². The summed E-state index contributed by atoms with van der Waals surface area (Å²) >= 11 is 0.900. The molecule has 4 rings (SSSR count). The minimum atomic E-state index is -4.77. The van der Waals surface area contributed by atoms with Crippen molar-refractivity contribution in [2.75, 3.05) is 5.32 Å². The molecule has 9 nitrogen and oxygen atoms in total. The van der Waals surface area contributed by atoms with Crippen LogP contribution in [0.4, 0.5) is 18.3 Å². The van der Waals surface area contributed by atoms with Gasteiger partial charge in [-0.1, -0.05) is 42.5 Å². The van der Waals surface area contributed by atoms with Crippen LogP contribution in [-0.4, -0.2) is 37.0 Å². The Kier molecular flexibility index (Phi) is 7.12. The summed E-state index contributed by atoms with van der Waals surface area (Å²) in [5, 5.41) is 8.86. The minimum Gasteiger partial charge on any atom is -0.351 e. The zero-order valence-corrected chi connectivity index (χ0v) is 19.6. The predicted molar refractivity (Wildman–Crippen MR) is 127 cm³/mol. The van der Waals surface area contributed by atoms with Gasteiger partial charge in [0.1, 0.15) is 5.69 Å². The lowest BCUT2D eigenvalue weighted by atomic mass is 10.2. The molecule has 2 aromatic carbocycles. The first-order chi connectivity index (χ1) is 17.1. The second kappa shape index (κ2) is 10.3. The zero-order valence-electron chi connectivity index (χ0n) is 18.8. The van der Waals surface area contributed by atoms with Gasteiger partial charge in [-0.05, 0) is 24.6 Å². The van der Waals surface area contributed by atoms with Crippen LogP contribution < -0.4 is 16.4 Å². The van der Waals surface area contributed by atoms with Gasteiger partial charge in [0.2, 0.25) is 11.0 Å². The van der Waals surface area contributed by atoms with E-state index >= 15 is 0 Å². The van der Waals surface area contributed by atoms with Crippen molar-refractivity contribution in [2.24, 2.45) is 5.73 Å². The molecule has 0 fully saturated rings. The highest BCUT2D eigenvalue weighted by atomic mass is 32.1. The molecule has 2 heterocycles. The summed E-state index contributed by atoms with van der Waals surface area (Å²) in [6, 6.07) is 15.3. The van der Waals surface area contributed by atoms with Gasteiger partial charge in [-0.2, -0.15) is 27.6 Å². The summed E-state index contributed by atoms with van der Waals surface area (Å²) in [6.45, 7) is 1.62. The number of nitrogens with zero attached hydrogens (tertiary/aromatic N) is 4. The van der Waals surface area contributed by atoms with Crippen molar-refractivity contribution < 1.29 is 22.8 Å². The summed E-state index contributed by atoms with van der Waals surface area (Å²) in [5.41, 5.74) is 5.45. The lowest BCUT2D eigenvalue weighted by molar-refractivity contribution is -0.141. The smallest absolute Gasteiger partial charge is 0.351 e. The van der Waals surface area contributed by atoms with Crippen LogP contribution in [0.3, 0.4) is 0 Å². The highest BCUT2D eigenvalue weighted by Crippen LogP contribution is 2.30. The maximum absolute atomic E-state index is 13.5. The Bertz CT molecular complexity index is 1380. The van der Waals surface area contributed by atoms with E-state index in [4.69, 9.17) is 5.73 Å². The van der Waals surface area contributed by atoms with Gasteiger partial charge in [-0.15, -0.1) is 0 Å². The molecule has 0 saturated heterocycles. The maximum atomic E-state index is 13.5. The lowest BCUT2D eigenvalue weighted by Crippen LogP contribution is -2.37. The molecular formula is C23H20F3N7O2S. The Morgan fingerprint density at radius 2 is 1.86 bits per heavy atom. The molecular weight excluding hydrogens is 495 g/mol. The molecule has 0 aliphatic heterocycles. The third kappa shape index (κ3) is 5.75. The van der Waals surface area contributed by atoms with Gasteiger partial charge in [-0.3, -0.25) is 14.9 Å². The van der Waals surface area contributed by atoms with Crippen LogP contribution in [0.25, 0.3) is 17.1 Å². The van der Waals surface area contributed by atoms with E-state index in [1.807, 2.05) is 18.2 Å². The molecule has 13 heteroatoms. The van der Waals surface area contributed by atoms with Crippen molar-refractivity contribution in [3.63, 3.8) is 0 Å². The van der Waals surface area contributed by atoms with Gasteiger partial charge in [-0.25, -0.2) is 4.68 Å². The minimum absolute atomic E-state index is 0.0934. The van der Waals surface area contributed by atoms with Crippen molar-refractivity contribution in [3.8, 4) is 17.1 Å². The molecule has 0 radical (unpaired) electrons. The normalized spacial score (nSPS) is 12.2. The molecule has 0 spiro atoms. The van der Waals surface area contributed by atoms with E-state index in [-0.39, 0.29) is 29.0 Å². The fourth-order valence-corrected chi connectivity index (χ4v) is 3.75. The van der Waals surface area contributed by atoms with Crippen molar-refractivity contribution in [2.45, 2.75) is 25.7 Å². The molecule has 0 aliphatic rings. The first-order valence-corrected chi connectivity index (χ1v) is 11.4. The number of rotatable bonds is 7. The molecule has 0 saturated carbocycles. The zero-order chi connectivity index (χ0) is 25.9. The van der Waals surface area contributed by atoms with Gasteiger partial charge < -0.3 is 11.1 Å². The second-order valence-electron chi connectivity index (χ2n) is 7.74. The topological polar surface area (TPSA) is 128 Å². The number of anilines is 1. The molecule has 0 aliphatic carbocycles. The summed E-state index contributed by atoms with van der Waals surface area (Å²) in [7, 11) is 0. The number of hydrogen-bond acceptors (Lipinski definition) is 7. The molecule has 4 aromatic rings. The third-order valence-corrected chi connectivity index (χ3v) is 5.58. The predicted octanol–water partition coefficient (Wildman–Crippen LogP) is 3.63. The molecule has 186 valence electrons. The number of alkyl halides is 3. The van der Waals surface area contributed by atoms with Crippen LogP contribution in [0.15, 0.2) is 60.7 Å². The largest absolute Gasteiger partial charge is 0.435 e. The number of nitrogens with one attached hydrogen (secondary N) is 2. The number of benzene rings is 2. The highest BCUT2D eigenvalue weighted by Gasteiger charge is 2.36. The standard InChI is InChI=1S/C23H20F3N7O2S/c1-13(27)20(34)28-12-14-6-5-9-16(10-14)33-17(11-18(31-33)23(24,25)26)21(35)30-22-29-19(32-36-22)15-7-3-2-4-8-15/h2-11,13H,12,27H2,1H3,(H,28,34)(H,29,30,32,35)/t13-/m0/s1. The SMILES string of the molecule is C[C@H](N)C(=O)NCc1cccc(-n2nc(C(F)(F)F)cc2C(=O)Nc2nc(-c3ccccc3)ns2)c1. The fraction of sp³-hybridized carbons (Fsp3) is 0.174. The van der Waals surface area contributed by atoms with E-state index in [1.54, 1.807) is 24.3 Å². The molecule has 2 amide bonds. The summed E-state index contributed by atoms with van der Waals surface area (Å²) in [5.74, 6) is -0.850. The molecule has 4 N–H and O–H groups in total. The van der Waals surface area contributed by atoms with E-state index in [1.165, 1.54) is 19.1 Å². The van der Waals surface area contributed by atoms with E-state index in [0.717, 1.165) is 21.8 Å². The lowest BCUT2D eigenvalue weighted by Gasteiger charge is -2.11. The first kappa shape index (κ1) is 25.0. The number of nitrogens with two attached hydrogens (primary N) is 1. The summed E-state index contributed by atoms with van der Waals surface area (Å²) in [6.07, 6.45) is -4.77. The average molecular weight is 516 g/mol. The Balaban J connectivity index is 1.62. The van der Waals surface area contributed by atoms with Crippen molar-refractivity contribution >= 4 is 28.5 Å². The van der Waals surface area contributed by atoms with Gasteiger partial charge in [0.25, 0.3) is 5.91 Å². The number of amides is 2. The summed E-state index contributed by atoms with van der Waals surface area (Å²) < 4.78 is 45.5. The summed E-state index contributed by atoms with van der Waals surface area (Å²) in [4.78, 5) is 29.0. The van der Waals surface area contributed by atoms with Crippen LogP contribution in [0, 0.1) is 0 Å². The van der Waals surface area contributed by atoms with Crippen LogP contribution in [0.2, 0.25) is 0 Å². The van der Waals surface area contributed by atoms with E-state index in [9.17, 15) is 22.8 Å². The molecule has 0 unspecified atom stereocenters. The van der Waals surface area contributed by atoms with Gasteiger partial charge in [0, 0.05) is 29.7 Å². The van der Waals surface area contributed by atoms with Crippen LogP contribution in [0.5, 0.6) is 0 Å². The number of halogens is 3. The number of carbonyl (C=O) groups is 2. The van der Waals surface area contributed by atoms with Crippen molar-refractivity contribution in [1.29, 1.82) is 0 Å². The molecule has 1 atom stereocenters. The van der Waals surface area contributed by atoms with Crippen molar-refractivity contribution in [3.05, 3.63) is 77.6 Å². The monoisotopic (exact) mass is 515 g/mol. The fourth-order valence-electron chi connectivity index (χ4n) is 3.17. The van der Waals surface area contributed by atoms with E-state index in [2.05, 4.69) is 25.1 Å². The number of carbonyl (C=O) groups excluding carboxylic acids is 2. The Labute approximate surface area is 207 Å². The average Bonchev–Trinajstić information content (AvgIpc) is 3.51. The van der Waals surface area contributed by atoms with Crippen molar-refractivity contribution in [1.82, 2.24) is 24.5 Å². The van der Waals surface area contributed by atoms with Crippen LogP contribution in [0.1, 0.15) is 28.7 Å². The van der Waals surface area contributed by atoms with E-state index < -0.39 is 23.8 Å². The van der Waals surface area contributed by atoms with Gasteiger partial charge in [0.15, 0.2) is 11.5 Å². The molecule has 2 aromatic heterocycles. The first-order valence-electron chi connectivity index (χ1n) is 10.6. The third-order valence-electron chi connectivity index (χ3n) is 4.95. The van der Waals surface area contributed by atoms with E-state index in [0.29, 0.717) is 17.5 Å². The van der Waals surface area contributed by atoms with Crippen LogP contribution in [-0.2, 0) is 17.5 Å². The Morgan fingerprint density at radius 3 is 2.56 bits per heavy atom. The van der Waals surface area contributed by atoms with Crippen LogP contribution >= 0.6 is 11.5 Å². The maximum Gasteiger partial charge on any atom is 0.435 e. The quantitative estimate of drug-likeness (QED) is 0.345. The van der Waals surface area contributed by atoms with Gasteiger partial charge >= 0.3 is 6.18 Å².